The molecule has 6 nitrogen and oxygen atoms in total. The lowest BCUT2D eigenvalue weighted by Crippen LogP contribution is -2.24. The van der Waals surface area contributed by atoms with E-state index in [1.54, 1.807) is 13.3 Å². The number of aromatic amines is 1. The summed E-state index contributed by atoms with van der Waals surface area (Å²) in [6, 6.07) is 7.30. The third kappa shape index (κ3) is 2.59. The number of carbonyl (C=O) groups is 1. The van der Waals surface area contributed by atoms with Crippen molar-refractivity contribution in [1.29, 1.82) is 0 Å². The molecule has 0 saturated carbocycles. The molecular weight excluding hydrogens is 292 g/mol. The fourth-order valence-corrected chi connectivity index (χ4v) is 2.84. The number of benzene rings is 2. The van der Waals surface area contributed by atoms with Gasteiger partial charge in [-0.05, 0) is 54.8 Å². The highest BCUT2D eigenvalue weighted by Gasteiger charge is 2.12. The first kappa shape index (κ1) is 14.9. The minimum atomic E-state index is -0.687. The summed E-state index contributed by atoms with van der Waals surface area (Å²) in [5.41, 5.74) is 12.5. The highest BCUT2D eigenvalue weighted by molar-refractivity contribution is 6.12. The SMILES string of the molecule is COc1ccc2[nH]c3c(C)cc(C=NNC(N)=O)c(C)c3c2c1. The number of urea groups is 1. The number of H-pyrrole nitrogens is 1. The molecule has 0 fully saturated rings. The van der Waals surface area contributed by atoms with Gasteiger partial charge in [-0.3, -0.25) is 0 Å². The highest BCUT2D eigenvalue weighted by atomic mass is 16.5. The summed E-state index contributed by atoms with van der Waals surface area (Å²) in [7, 11) is 1.65. The maximum atomic E-state index is 10.7. The molecule has 0 atom stereocenters. The molecule has 4 N–H and O–H groups in total. The van der Waals surface area contributed by atoms with E-state index < -0.39 is 6.03 Å². The van der Waals surface area contributed by atoms with E-state index in [-0.39, 0.29) is 0 Å². The standard InChI is InChI=1S/C17H18N4O2/c1-9-6-11(8-19-21-17(18)22)10(2)15-13-7-12(23-3)4-5-14(13)20-16(9)15/h4-8,20H,1-3H3,(H3,18,21,22). The smallest absolute Gasteiger partial charge is 0.332 e. The Labute approximate surface area is 133 Å². The number of primary amides is 1. The van der Waals surface area contributed by atoms with Crippen LogP contribution in [0.4, 0.5) is 4.79 Å². The molecule has 0 radical (unpaired) electrons. The van der Waals surface area contributed by atoms with Crippen LogP contribution in [0.15, 0.2) is 29.4 Å². The molecule has 1 aromatic heterocycles. The van der Waals surface area contributed by atoms with Gasteiger partial charge in [0.2, 0.25) is 0 Å². The summed E-state index contributed by atoms with van der Waals surface area (Å²) in [6.45, 7) is 4.06. The Morgan fingerprint density at radius 3 is 2.83 bits per heavy atom. The van der Waals surface area contributed by atoms with Gasteiger partial charge in [-0.1, -0.05) is 0 Å². The number of hydrogen-bond donors (Lipinski definition) is 3. The van der Waals surface area contributed by atoms with Gasteiger partial charge in [-0.15, -0.1) is 0 Å². The fraction of sp³-hybridized carbons (Fsp3) is 0.176. The van der Waals surface area contributed by atoms with Crippen molar-refractivity contribution in [2.24, 2.45) is 10.8 Å². The summed E-state index contributed by atoms with van der Waals surface area (Å²) in [5, 5.41) is 6.08. The van der Waals surface area contributed by atoms with Crippen molar-refractivity contribution in [3.8, 4) is 5.75 Å². The lowest BCUT2D eigenvalue weighted by molar-refractivity contribution is 0.249. The molecule has 6 heteroatoms. The van der Waals surface area contributed by atoms with Crippen LogP contribution in [0.5, 0.6) is 5.75 Å². The van der Waals surface area contributed by atoms with Gasteiger partial charge in [0.05, 0.1) is 13.3 Å². The Morgan fingerprint density at radius 2 is 2.13 bits per heavy atom. The summed E-state index contributed by atoms with van der Waals surface area (Å²) in [5.74, 6) is 0.810. The summed E-state index contributed by atoms with van der Waals surface area (Å²) < 4.78 is 5.33. The van der Waals surface area contributed by atoms with Crippen LogP contribution >= 0.6 is 0 Å². The van der Waals surface area contributed by atoms with Crippen molar-refractivity contribution >= 4 is 34.1 Å². The molecule has 3 aromatic rings. The number of carbonyl (C=O) groups excluding carboxylic acids is 1. The predicted octanol–water partition coefficient (Wildman–Crippen LogP) is 2.95. The van der Waals surface area contributed by atoms with Crippen LogP contribution in [0, 0.1) is 13.8 Å². The highest BCUT2D eigenvalue weighted by Crippen LogP contribution is 2.33. The second-order valence-electron chi connectivity index (χ2n) is 5.43. The van der Waals surface area contributed by atoms with Crippen molar-refractivity contribution in [1.82, 2.24) is 10.4 Å². The van der Waals surface area contributed by atoms with E-state index in [1.165, 1.54) is 0 Å². The largest absolute Gasteiger partial charge is 0.497 e. The molecule has 0 aliphatic heterocycles. The van der Waals surface area contributed by atoms with Crippen LogP contribution in [0.25, 0.3) is 21.8 Å². The lowest BCUT2D eigenvalue weighted by atomic mass is 9.99. The van der Waals surface area contributed by atoms with Crippen molar-refractivity contribution in [2.45, 2.75) is 13.8 Å². The van der Waals surface area contributed by atoms with Gasteiger partial charge in [0.25, 0.3) is 0 Å². The topological polar surface area (TPSA) is 92.5 Å². The van der Waals surface area contributed by atoms with E-state index in [4.69, 9.17) is 10.5 Å². The minimum Gasteiger partial charge on any atom is -0.497 e. The molecule has 0 saturated heterocycles. The zero-order valence-electron chi connectivity index (χ0n) is 13.2. The molecule has 23 heavy (non-hydrogen) atoms. The average Bonchev–Trinajstić information content (AvgIpc) is 2.91. The number of amides is 2. The van der Waals surface area contributed by atoms with Crippen molar-refractivity contribution in [3.63, 3.8) is 0 Å². The number of hydrogen-bond acceptors (Lipinski definition) is 3. The monoisotopic (exact) mass is 310 g/mol. The quantitative estimate of drug-likeness (QED) is 0.512. The van der Waals surface area contributed by atoms with E-state index >= 15 is 0 Å². The van der Waals surface area contributed by atoms with E-state index in [0.29, 0.717) is 0 Å². The molecule has 0 aliphatic carbocycles. The number of fused-ring (bicyclic) bond motifs is 3. The number of nitrogens with one attached hydrogen (secondary N) is 2. The van der Waals surface area contributed by atoms with Crippen LogP contribution in [-0.4, -0.2) is 24.3 Å². The normalized spacial score (nSPS) is 11.4. The number of aryl methyl sites for hydroxylation is 2. The van der Waals surface area contributed by atoms with Crippen molar-refractivity contribution in [2.75, 3.05) is 7.11 Å². The Balaban J connectivity index is 2.25. The molecule has 3 rings (SSSR count). The number of hydrazone groups is 1. The number of ether oxygens (including phenoxy) is 1. The Morgan fingerprint density at radius 1 is 1.35 bits per heavy atom. The molecule has 2 amide bonds. The van der Waals surface area contributed by atoms with E-state index in [0.717, 1.165) is 44.2 Å². The van der Waals surface area contributed by atoms with E-state index in [2.05, 4.69) is 15.5 Å². The van der Waals surface area contributed by atoms with Crippen molar-refractivity contribution < 1.29 is 9.53 Å². The first-order valence-electron chi connectivity index (χ1n) is 7.19. The van der Waals surface area contributed by atoms with Gasteiger partial charge >= 0.3 is 6.03 Å². The van der Waals surface area contributed by atoms with Gasteiger partial charge < -0.3 is 15.5 Å². The molecule has 118 valence electrons. The average molecular weight is 310 g/mol. The molecule has 1 heterocycles. The molecule has 0 unspecified atom stereocenters. The van der Waals surface area contributed by atoms with Crippen LogP contribution in [-0.2, 0) is 0 Å². The van der Waals surface area contributed by atoms with Crippen LogP contribution in [0.1, 0.15) is 16.7 Å². The third-order valence-corrected chi connectivity index (χ3v) is 3.96. The van der Waals surface area contributed by atoms with Crippen LogP contribution in [0.3, 0.4) is 0 Å². The van der Waals surface area contributed by atoms with Crippen molar-refractivity contribution in [3.05, 3.63) is 41.0 Å². The number of aromatic nitrogens is 1. The number of nitrogens with two attached hydrogens (primary N) is 1. The van der Waals surface area contributed by atoms with Gasteiger partial charge in [-0.2, -0.15) is 5.10 Å². The van der Waals surface area contributed by atoms with Gasteiger partial charge in [0, 0.05) is 21.8 Å². The zero-order valence-corrected chi connectivity index (χ0v) is 13.2. The third-order valence-electron chi connectivity index (χ3n) is 3.96. The Bertz CT molecular complexity index is 941. The first-order valence-corrected chi connectivity index (χ1v) is 7.19. The molecule has 0 bridgehead atoms. The fourth-order valence-electron chi connectivity index (χ4n) is 2.84. The number of nitrogens with zero attached hydrogens (tertiary/aromatic N) is 1. The van der Waals surface area contributed by atoms with Gasteiger partial charge in [-0.25, -0.2) is 10.2 Å². The molecule has 0 aliphatic rings. The molecule has 2 aromatic carbocycles. The maximum Gasteiger partial charge on any atom is 0.332 e. The number of methoxy groups -OCH3 is 1. The van der Waals surface area contributed by atoms with Gasteiger partial charge in [0.15, 0.2) is 0 Å². The summed E-state index contributed by atoms with van der Waals surface area (Å²) >= 11 is 0. The molecular formula is C17H18N4O2. The maximum absolute atomic E-state index is 10.7. The van der Waals surface area contributed by atoms with Crippen LogP contribution < -0.4 is 15.9 Å². The number of rotatable bonds is 3. The summed E-state index contributed by atoms with van der Waals surface area (Å²) in [6.07, 6.45) is 1.60. The zero-order chi connectivity index (χ0) is 16.6. The predicted molar refractivity (Wildman–Crippen MR) is 92.1 cm³/mol. The first-order chi connectivity index (χ1) is 11.0. The Hall–Kier alpha value is -3.02. The summed E-state index contributed by atoms with van der Waals surface area (Å²) in [4.78, 5) is 14.2. The Kier molecular flexibility index (Phi) is 3.65. The minimum absolute atomic E-state index is 0.687. The second-order valence-corrected chi connectivity index (χ2v) is 5.43. The lowest BCUT2D eigenvalue weighted by Gasteiger charge is -2.06. The van der Waals surface area contributed by atoms with Crippen LogP contribution in [0.2, 0.25) is 0 Å². The van der Waals surface area contributed by atoms with Gasteiger partial charge in [0.1, 0.15) is 5.75 Å². The van der Waals surface area contributed by atoms with E-state index in [9.17, 15) is 4.79 Å². The molecule has 0 spiro atoms. The van der Waals surface area contributed by atoms with E-state index in [1.807, 2.05) is 38.1 Å². The second kappa shape index (κ2) is 5.64.